The van der Waals surface area contributed by atoms with Crippen LogP contribution in [0.25, 0.3) is 0 Å². The normalized spacial score (nSPS) is 18.4. The number of carbonyl (C=O) groups excluding carboxylic acids is 1. The lowest BCUT2D eigenvalue weighted by Gasteiger charge is -2.21. The predicted molar refractivity (Wildman–Crippen MR) is 130 cm³/mol. The molecule has 1 aliphatic carbocycles. The molecule has 1 heterocycles. The molecule has 1 atom stereocenters. The van der Waals surface area contributed by atoms with Crippen molar-refractivity contribution in [3.05, 3.63) is 18.2 Å². The van der Waals surface area contributed by atoms with Crippen molar-refractivity contribution in [2.45, 2.75) is 32.2 Å². The summed E-state index contributed by atoms with van der Waals surface area (Å²) >= 11 is 0. The van der Waals surface area contributed by atoms with Gasteiger partial charge in [-0.25, -0.2) is 0 Å². The summed E-state index contributed by atoms with van der Waals surface area (Å²) in [5.41, 5.74) is 1.09. The maximum Gasteiger partial charge on any atom is 0.223 e. The van der Waals surface area contributed by atoms with E-state index < -0.39 is 0 Å². The number of nitrogens with one attached hydrogen (secondary N) is 3. The third-order valence-corrected chi connectivity index (χ3v) is 5.20. The molecule has 0 aromatic heterocycles. The molecule has 1 amide bonds. The van der Waals surface area contributed by atoms with E-state index >= 15 is 0 Å². The maximum atomic E-state index is 11.7. The molecule has 3 N–H and O–H groups in total. The Bertz CT molecular complexity index is 704. The molecule has 1 unspecified atom stereocenters. The summed E-state index contributed by atoms with van der Waals surface area (Å²) < 4.78 is 10.8. The minimum atomic E-state index is 0. The molecule has 0 bridgehead atoms. The van der Waals surface area contributed by atoms with Gasteiger partial charge < -0.3 is 30.3 Å². The van der Waals surface area contributed by atoms with Crippen LogP contribution >= 0.6 is 24.0 Å². The fourth-order valence-corrected chi connectivity index (χ4v) is 3.44. The van der Waals surface area contributed by atoms with Crippen LogP contribution in [0.15, 0.2) is 23.2 Å². The number of ether oxygens (including phenoxy) is 2. The standard InChI is InChI=1S/C21H33N5O3.HI/c1-4-22-21(24-9-8-23-20(27)15-5-6-15)25-16-7-10-26(14-16)17-11-18(28-2)13-19(12-17)29-3;/h11-13,15-16H,4-10,14H2,1-3H3,(H,23,27)(H2,22,24,25);1H. The molecule has 2 fully saturated rings. The van der Waals surface area contributed by atoms with Crippen LogP contribution in [0.2, 0.25) is 0 Å². The second-order valence-electron chi connectivity index (χ2n) is 7.47. The van der Waals surface area contributed by atoms with E-state index in [0.29, 0.717) is 19.1 Å². The van der Waals surface area contributed by atoms with Gasteiger partial charge in [-0.05, 0) is 26.2 Å². The molecule has 9 heteroatoms. The topological polar surface area (TPSA) is 87.2 Å². The van der Waals surface area contributed by atoms with Crippen molar-refractivity contribution < 1.29 is 14.3 Å². The van der Waals surface area contributed by atoms with Gasteiger partial charge in [-0.2, -0.15) is 0 Å². The van der Waals surface area contributed by atoms with Crippen LogP contribution < -0.4 is 30.3 Å². The number of hydrogen-bond donors (Lipinski definition) is 3. The zero-order valence-electron chi connectivity index (χ0n) is 18.1. The highest BCUT2D eigenvalue weighted by Crippen LogP contribution is 2.30. The molecule has 0 radical (unpaired) electrons. The van der Waals surface area contributed by atoms with Gasteiger partial charge in [0.25, 0.3) is 0 Å². The fourth-order valence-electron chi connectivity index (χ4n) is 3.44. The number of benzene rings is 1. The van der Waals surface area contributed by atoms with Gasteiger partial charge >= 0.3 is 0 Å². The molecule has 1 aromatic carbocycles. The second-order valence-corrected chi connectivity index (χ2v) is 7.47. The first kappa shape index (κ1) is 24.4. The van der Waals surface area contributed by atoms with E-state index in [-0.39, 0.29) is 35.8 Å². The van der Waals surface area contributed by atoms with Gasteiger partial charge in [0.05, 0.1) is 20.8 Å². The van der Waals surface area contributed by atoms with Gasteiger partial charge in [0, 0.05) is 62.0 Å². The number of anilines is 1. The zero-order chi connectivity index (χ0) is 20.6. The van der Waals surface area contributed by atoms with Crippen LogP contribution in [-0.4, -0.2) is 64.9 Å². The Labute approximate surface area is 196 Å². The number of nitrogens with zero attached hydrogens (tertiary/aromatic N) is 2. The van der Waals surface area contributed by atoms with Crippen LogP contribution in [-0.2, 0) is 4.79 Å². The molecule has 0 spiro atoms. The summed E-state index contributed by atoms with van der Waals surface area (Å²) in [4.78, 5) is 18.6. The first-order chi connectivity index (χ1) is 14.1. The van der Waals surface area contributed by atoms with Crippen molar-refractivity contribution in [3.8, 4) is 11.5 Å². The molecule has 3 rings (SSSR count). The van der Waals surface area contributed by atoms with Crippen molar-refractivity contribution in [1.29, 1.82) is 0 Å². The number of aliphatic imine (C=N–C) groups is 1. The Morgan fingerprint density at radius 1 is 1.13 bits per heavy atom. The Balaban J connectivity index is 0.00000320. The van der Waals surface area contributed by atoms with E-state index in [2.05, 4.69) is 32.8 Å². The summed E-state index contributed by atoms with van der Waals surface area (Å²) in [7, 11) is 3.33. The summed E-state index contributed by atoms with van der Waals surface area (Å²) in [6, 6.07) is 6.25. The van der Waals surface area contributed by atoms with Crippen molar-refractivity contribution >= 4 is 41.5 Å². The summed E-state index contributed by atoms with van der Waals surface area (Å²) in [6.45, 7) is 5.81. The van der Waals surface area contributed by atoms with Crippen LogP contribution in [0.4, 0.5) is 5.69 Å². The molecular weight excluding hydrogens is 497 g/mol. The number of guanidine groups is 1. The third kappa shape index (κ3) is 7.10. The number of rotatable bonds is 9. The number of hydrogen-bond acceptors (Lipinski definition) is 5. The van der Waals surface area contributed by atoms with Crippen molar-refractivity contribution in [2.75, 3.05) is 51.8 Å². The smallest absolute Gasteiger partial charge is 0.223 e. The minimum absolute atomic E-state index is 0. The SMILES string of the molecule is CCNC(=NCCNC(=O)C1CC1)NC1CCN(c2cc(OC)cc(OC)c2)C1.I. The average Bonchev–Trinajstić information content (AvgIpc) is 3.49. The van der Waals surface area contributed by atoms with Gasteiger partial charge in [-0.1, -0.05) is 0 Å². The van der Waals surface area contributed by atoms with E-state index in [0.717, 1.165) is 62.0 Å². The Morgan fingerprint density at radius 2 is 1.83 bits per heavy atom. The fraction of sp³-hybridized carbons (Fsp3) is 0.619. The van der Waals surface area contributed by atoms with E-state index in [1.807, 2.05) is 18.2 Å². The molecule has 1 aromatic rings. The van der Waals surface area contributed by atoms with E-state index in [9.17, 15) is 4.79 Å². The maximum absolute atomic E-state index is 11.7. The van der Waals surface area contributed by atoms with Crippen molar-refractivity contribution in [2.24, 2.45) is 10.9 Å². The van der Waals surface area contributed by atoms with E-state index in [1.54, 1.807) is 14.2 Å². The Hall–Kier alpha value is -1.91. The van der Waals surface area contributed by atoms with Crippen LogP contribution in [0.5, 0.6) is 11.5 Å². The monoisotopic (exact) mass is 531 g/mol. The number of amides is 1. The largest absolute Gasteiger partial charge is 0.497 e. The molecule has 8 nitrogen and oxygen atoms in total. The lowest BCUT2D eigenvalue weighted by molar-refractivity contribution is -0.122. The molecule has 1 saturated carbocycles. The molecule has 168 valence electrons. The number of halogens is 1. The lowest BCUT2D eigenvalue weighted by Crippen LogP contribution is -2.45. The highest BCUT2D eigenvalue weighted by atomic mass is 127. The lowest BCUT2D eigenvalue weighted by atomic mass is 10.2. The Kier molecular flexibility index (Phi) is 9.80. The van der Waals surface area contributed by atoms with Crippen LogP contribution in [0, 0.1) is 5.92 Å². The van der Waals surface area contributed by atoms with Crippen LogP contribution in [0.3, 0.4) is 0 Å². The van der Waals surface area contributed by atoms with Crippen molar-refractivity contribution in [1.82, 2.24) is 16.0 Å². The molecule has 1 aliphatic heterocycles. The summed E-state index contributed by atoms with van der Waals surface area (Å²) in [5.74, 6) is 2.78. The number of carbonyl (C=O) groups is 1. The van der Waals surface area contributed by atoms with Gasteiger partial charge in [-0.3, -0.25) is 9.79 Å². The molecule has 1 saturated heterocycles. The average molecular weight is 531 g/mol. The molecular formula is C21H34IN5O3. The van der Waals surface area contributed by atoms with Gasteiger partial charge in [-0.15, -0.1) is 24.0 Å². The molecule has 2 aliphatic rings. The zero-order valence-corrected chi connectivity index (χ0v) is 20.4. The van der Waals surface area contributed by atoms with Gasteiger partial charge in [0.1, 0.15) is 11.5 Å². The highest BCUT2D eigenvalue weighted by Gasteiger charge is 2.29. The van der Waals surface area contributed by atoms with Gasteiger partial charge in [0.15, 0.2) is 5.96 Å². The summed E-state index contributed by atoms with van der Waals surface area (Å²) in [5, 5.41) is 9.76. The highest BCUT2D eigenvalue weighted by molar-refractivity contribution is 14.0. The second kappa shape index (κ2) is 12.1. The van der Waals surface area contributed by atoms with Crippen molar-refractivity contribution in [3.63, 3.8) is 0 Å². The summed E-state index contributed by atoms with van der Waals surface area (Å²) in [6.07, 6.45) is 3.07. The third-order valence-electron chi connectivity index (χ3n) is 5.20. The van der Waals surface area contributed by atoms with Gasteiger partial charge in [0.2, 0.25) is 5.91 Å². The van der Waals surface area contributed by atoms with E-state index in [4.69, 9.17) is 9.47 Å². The minimum Gasteiger partial charge on any atom is -0.497 e. The van der Waals surface area contributed by atoms with Crippen LogP contribution in [0.1, 0.15) is 26.2 Å². The predicted octanol–water partition coefficient (Wildman–Crippen LogP) is 1.98. The quantitative estimate of drug-likeness (QED) is 0.196. The molecule has 30 heavy (non-hydrogen) atoms. The first-order valence-corrected chi connectivity index (χ1v) is 10.4. The van der Waals surface area contributed by atoms with E-state index in [1.165, 1.54) is 0 Å². The number of methoxy groups -OCH3 is 2. The Morgan fingerprint density at radius 3 is 2.43 bits per heavy atom. The first-order valence-electron chi connectivity index (χ1n) is 10.4.